The smallest absolute Gasteiger partial charge is 0.337 e. The van der Waals surface area contributed by atoms with Gasteiger partial charge >= 0.3 is 5.97 Å². The number of benzene rings is 4. The highest BCUT2D eigenvalue weighted by atomic mass is 32.2. The maximum Gasteiger partial charge on any atom is 0.337 e. The van der Waals surface area contributed by atoms with Crippen molar-refractivity contribution in [2.24, 2.45) is 20.5 Å². The van der Waals surface area contributed by atoms with E-state index in [0.29, 0.717) is 12.0 Å². The SMILES string of the molecule is Nc1c(N=Nc2ccc(S(=O)(=O)O)cc2)c(S(=O)(=O)O)cc2cc(SOOO)c(N=Nc3ccccc3C(=O)O)c(O)c12. The molecule has 0 radical (unpaired) electrons. The highest BCUT2D eigenvalue weighted by molar-refractivity contribution is 7.94. The first-order chi connectivity index (χ1) is 20.2. The molecule has 0 saturated carbocycles. The molecular weight excluding hydrogens is 634 g/mol. The number of aromatic hydroxyl groups is 1. The molecule has 17 nitrogen and oxygen atoms in total. The number of nitrogens with two attached hydrogens (primary N) is 1. The van der Waals surface area contributed by atoms with E-state index in [1.165, 1.54) is 30.3 Å². The van der Waals surface area contributed by atoms with E-state index in [2.05, 4.69) is 29.8 Å². The number of fused-ring (bicyclic) bond motifs is 1. The Balaban J connectivity index is 1.94. The fraction of sp³-hybridized carbons (Fsp3) is 0. The maximum atomic E-state index is 12.2. The Morgan fingerprint density at radius 1 is 0.860 bits per heavy atom. The lowest BCUT2D eigenvalue weighted by Gasteiger charge is -2.14. The molecule has 0 amide bonds. The van der Waals surface area contributed by atoms with Crippen molar-refractivity contribution >= 4 is 77.5 Å². The molecule has 224 valence electrons. The van der Waals surface area contributed by atoms with Crippen LogP contribution >= 0.6 is 12.0 Å². The summed E-state index contributed by atoms with van der Waals surface area (Å²) in [5.41, 5.74) is 4.33. The summed E-state index contributed by atoms with van der Waals surface area (Å²) < 4.78 is 70.5. The second-order valence-electron chi connectivity index (χ2n) is 8.20. The number of anilines is 1. The highest BCUT2D eigenvalue weighted by Gasteiger charge is 2.25. The average molecular weight is 652 g/mol. The van der Waals surface area contributed by atoms with Crippen LogP contribution in [-0.4, -0.2) is 47.4 Å². The van der Waals surface area contributed by atoms with Crippen molar-refractivity contribution in [3.05, 3.63) is 66.2 Å². The zero-order chi connectivity index (χ0) is 31.5. The monoisotopic (exact) mass is 651 g/mol. The number of carboxylic acids is 1. The summed E-state index contributed by atoms with van der Waals surface area (Å²) in [6, 6.07) is 11.9. The topological polar surface area (TPSA) is 280 Å². The first-order valence-electron chi connectivity index (χ1n) is 11.2. The third kappa shape index (κ3) is 6.93. The molecule has 0 bridgehead atoms. The summed E-state index contributed by atoms with van der Waals surface area (Å²) in [5.74, 6) is -2.04. The molecule has 0 aliphatic rings. The molecular formula is C23H17N5O12S3. The molecule has 20 heteroatoms. The molecule has 7 N–H and O–H groups in total. The Morgan fingerprint density at radius 2 is 1.51 bits per heavy atom. The largest absolute Gasteiger partial charge is 0.505 e. The van der Waals surface area contributed by atoms with Crippen LogP contribution in [0, 0.1) is 0 Å². The van der Waals surface area contributed by atoms with Crippen LogP contribution in [0.15, 0.2) is 95.8 Å². The number of carboxylic acid groups (broad SMARTS) is 1. The van der Waals surface area contributed by atoms with E-state index >= 15 is 0 Å². The number of rotatable bonds is 10. The van der Waals surface area contributed by atoms with Gasteiger partial charge in [-0.2, -0.15) is 21.9 Å². The standard InChI is InChI=1S/C23H17N5O12S3/c24-19-18-11(10-17(43(36,37)38)21(19)28-25-12-5-7-13(8-6-12)42(33,34)35)9-16(41-40-39-32)20(22(18)29)27-26-15-4-2-1-3-14(15)23(30)31/h1-10,29,32H,24H2,(H,30,31)(H,33,34,35)(H,36,37,38). The van der Waals surface area contributed by atoms with Crippen LogP contribution in [0.2, 0.25) is 0 Å². The molecule has 0 atom stereocenters. The molecule has 43 heavy (non-hydrogen) atoms. The van der Waals surface area contributed by atoms with Gasteiger partial charge in [0.25, 0.3) is 20.2 Å². The van der Waals surface area contributed by atoms with Crippen molar-refractivity contribution in [2.45, 2.75) is 14.7 Å². The van der Waals surface area contributed by atoms with Gasteiger partial charge in [0, 0.05) is 0 Å². The lowest BCUT2D eigenvalue weighted by atomic mass is 10.1. The Kier molecular flexibility index (Phi) is 9.03. The number of aromatic carboxylic acids is 1. The number of nitrogen functional groups attached to an aromatic ring is 1. The van der Waals surface area contributed by atoms with Gasteiger partial charge in [-0.25, -0.2) is 10.1 Å². The second-order valence-corrected chi connectivity index (χ2v) is 11.8. The molecule has 0 fully saturated rings. The normalized spacial score (nSPS) is 12.4. The predicted molar refractivity (Wildman–Crippen MR) is 149 cm³/mol. The van der Waals surface area contributed by atoms with Gasteiger partial charge < -0.3 is 15.9 Å². The number of hydrogen-bond donors (Lipinski definition) is 6. The van der Waals surface area contributed by atoms with Gasteiger partial charge in [0.15, 0.2) is 5.75 Å². The molecule has 4 rings (SSSR count). The maximum absolute atomic E-state index is 12.2. The molecule has 0 aliphatic heterocycles. The summed E-state index contributed by atoms with van der Waals surface area (Å²) in [6.45, 7) is 0. The summed E-state index contributed by atoms with van der Waals surface area (Å²) >= 11 is 0.298. The van der Waals surface area contributed by atoms with Crippen LogP contribution in [0.5, 0.6) is 5.75 Å². The van der Waals surface area contributed by atoms with Crippen molar-refractivity contribution < 1.29 is 55.6 Å². The van der Waals surface area contributed by atoms with Crippen LogP contribution in [0.3, 0.4) is 0 Å². The minimum atomic E-state index is -5.02. The third-order valence-electron chi connectivity index (χ3n) is 5.54. The predicted octanol–water partition coefficient (Wildman–Crippen LogP) is 5.58. The number of azo groups is 2. The number of nitrogens with zero attached hydrogens (tertiary/aromatic N) is 4. The highest BCUT2D eigenvalue weighted by Crippen LogP contribution is 2.49. The van der Waals surface area contributed by atoms with Crippen molar-refractivity contribution in [1.29, 1.82) is 0 Å². The lowest BCUT2D eigenvalue weighted by molar-refractivity contribution is -0.432. The summed E-state index contributed by atoms with van der Waals surface area (Å²) in [5, 5.41) is 47.8. The molecule has 0 heterocycles. The first kappa shape index (κ1) is 31.4. The van der Waals surface area contributed by atoms with Gasteiger partial charge in [-0.1, -0.05) is 17.2 Å². The molecule has 0 unspecified atom stereocenters. The number of phenols is 1. The molecule has 4 aromatic rings. The van der Waals surface area contributed by atoms with Crippen LogP contribution in [0.25, 0.3) is 10.8 Å². The Labute approximate surface area is 245 Å². The lowest BCUT2D eigenvalue weighted by Crippen LogP contribution is -2.02. The Hall–Kier alpha value is -4.54. The van der Waals surface area contributed by atoms with E-state index in [1.807, 2.05) is 0 Å². The molecule has 4 aromatic carbocycles. The van der Waals surface area contributed by atoms with Crippen LogP contribution in [0.4, 0.5) is 28.4 Å². The summed E-state index contributed by atoms with van der Waals surface area (Å²) in [4.78, 5) is 10.1. The summed E-state index contributed by atoms with van der Waals surface area (Å²) in [7, 11) is -9.52. The van der Waals surface area contributed by atoms with E-state index < -0.39 is 53.1 Å². The minimum absolute atomic E-state index is 0.0168. The third-order valence-corrected chi connectivity index (χ3v) is 7.89. The van der Waals surface area contributed by atoms with E-state index in [4.69, 9.17) is 15.5 Å². The summed E-state index contributed by atoms with van der Waals surface area (Å²) in [6.07, 6.45) is 0. The van der Waals surface area contributed by atoms with Crippen LogP contribution in [0.1, 0.15) is 10.4 Å². The zero-order valence-corrected chi connectivity index (χ0v) is 23.4. The van der Waals surface area contributed by atoms with Gasteiger partial charge in [-0.05, 0) is 53.9 Å². The molecule has 0 saturated heterocycles. The van der Waals surface area contributed by atoms with Crippen LogP contribution in [-0.2, 0) is 29.6 Å². The van der Waals surface area contributed by atoms with Crippen molar-refractivity contribution in [3.63, 3.8) is 0 Å². The minimum Gasteiger partial charge on any atom is -0.505 e. The number of phenolic OH excluding ortho intramolecular Hbond substituents is 1. The number of carbonyl (C=O) groups is 1. The van der Waals surface area contributed by atoms with E-state index in [-0.39, 0.29) is 38.3 Å². The zero-order valence-electron chi connectivity index (χ0n) is 21.0. The van der Waals surface area contributed by atoms with E-state index in [0.717, 1.165) is 30.3 Å². The van der Waals surface area contributed by atoms with Gasteiger partial charge in [0.2, 0.25) is 0 Å². The molecule has 0 aromatic heterocycles. The molecule has 0 aliphatic carbocycles. The van der Waals surface area contributed by atoms with Crippen LogP contribution < -0.4 is 5.73 Å². The fourth-order valence-corrected chi connectivity index (χ4v) is 5.31. The van der Waals surface area contributed by atoms with Crippen molar-refractivity contribution in [1.82, 2.24) is 0 Å². The van der Waals surface area contributed by atoms with Crippen molar-refractivity contribution in [2.75, 3.05) is 5.73 Å². The van der Waals surface area contributed by atoms with Gasteiger partial charge in [-0.3, -0.25) is 9.11 Å². The fourth-order valence-electron chi connectivity index (χ4n) is 3.66. The Morgan fingerprint density at radius 3 is 2.12 bits per heavy atom. The Bertz CT molecular complexity index is 2020. The van der Waals surface area contributed by atoms with Gasteiger partial charge in [0.1, 0.15) is 22.0 Å². The molecule has 0 spiro atoms. The van der Waals surface area contributed by atoms with Gasteiger partial charge in [0.05, 0.1) is 44.2 Å². The first-order valence-corrected chi connectivity index (χ1v) is 14.8. The van der Waals surface area contributed by atoms with Crippen molar-refractivity contribution in [3.8, 4) is 5.75 Å². The van der Waals surface area contributed by atoms with E-state index in [9.17, 15) is 36.4 Å². The van der Waals surface area contributed by atoms with E-state index in [1.54, 1.807) is 0 Å². The average Bonchev–Trinajstić information content (AvgIpc) is 2.94. The van der Waals surface area contributed by atoms with Gasteiger partial charge in [-0.15, -0.1) is 19.7 Å². The number of hydrogen-bond acceptors (Lipinski definition) is 15. The second kappa shape index (κ2) is 12.4. The quantitative estimate of drug-likeness (QED) is 0.0305.